The molecule has 11 heteroatoms. The molecule has 208 valence electrons. The number of nitrogens with one attached hydrogen (secondary N) is 2. The van der Waals surface area contributed by atoms with Gasteiger partial charge in [0.05, 0.1) is 30.5 Å². The minimum atomic E-state index is -4.44. The molecule has 3 aromatic carbocycles. The van der Waals surface area contributed by atoms with Gasteiger partial charge in [-0.05, 0) is 61.4 Å². The van der Waals surface area contributed by atoms with E-state index >= 15 is 0 Å². The summed E-state index contributed by atoms with van der Waals surface area (Å²) in [7, 11) is 0. The molecular weight excluding hydrogens is 541 g/mol. The van der Waals surface area contributed by atoms with Gasteiger partial charge in [0, 0.05) is 11.1 Å². The van der Waals surface area contributed by atoms with E-state index in [2.05, 4.69) is 20.8 Å². The predicted octanol–water partition coefficient (Wildman–Crippen LogP) is 6.88. The van der Waals surface area contributed by atoms with Crippen molar-refractivity contribution in [2.45, 2.75) is 33.1 Å². The summed E-state index contributed by atoms with van der Waals surface area (Å²) in [6, 6.07) is 18.3. The lowest BCUT2D eigenvalue weighted by atomic mass is 10.2. The fourth-order valence-electron chi connectivity index (χ4n) is 3.56. The van der Waals surface area contributed by atoms with Gasteiger partial charge >= 0.3 is 6.18 Å². The van der Waals surface area contributed by atoms with Crippen LogP contribution in [-0.2, 0) is 24.0 Å². The Labute approximate surface area is 233 Å². The van der Waals surface area contributed by atoms with Gasteiger partial charge in [-0.15, -0.1) is 11.3 Å². The van der Waals surface area contributed by atoms with Crippen LogP contribution in [0.2, 0.25) is 0 Å². The minimum absolute atomic E-state index is 0.0475. The number of anilines is 2. The topological polar surface area (TPSA) is 84.8 Å². The Morgan fingerprint density at radius 3 is 2.60 bits per heavy atom. The quantitative estimate of drug-likeness (QED) is 0.152. The summed E-state index contributed by atoms with van der Waals surface area (Å²) < 4.78 is 50.4. The van der Waals surface area contributed by atoms with Gasteiger partial charge in [-0.3, -0.25) is 4.79 Å². The lowest BCUT2D eigenvalue weighted by Gasteiger charge is -2.12. The molecule has 0 saturated heterocycles. The molecule has 0 spiro atoms. The van der Waals surface area contributed by atoms with Crippen LogP contribution in [0.25, 0.3) is 0 Å². The molecule has 40 heavy (non-hydrogen) atoms. The zero-order valence-corrected chi connectivity index (χ0v) is 22.6. The second-order valence-electron chi connectivity index (χ2n) is 8.73. The maximum absolute atomic E-state index is 12.9. The van der Waals surface area contributed by atoms with Crippen molar-refractivity contribution < 1.29 is 27.4 Å². The normalized spacial score (nSPS) is 11.4. The Balaban J connectivity index is 1.30. The van der Waals surface area contributed by atoms with Gasteiger partial charge in [-0.25, -0.2) is 10.4 Å². The molecule has 0 atom stereocenters. The molecule has 0 unspecified atom stereocenters. The average molecular weight is 569 g/mol. The Bertz CT molecular complexity index is 1470. The first kappa shape index (κ1) is 28.6. The van der Waals surface area contributed by atoms with Gasteiger partial charge in [-0.2, -0.15) is 18.3 Å². The number of carbonyl (C=O) groups excluding carboxylic acids is 1. The van der Waals surface area contributed by atoms with E-state index in [1.807, 2.05) is 38.1 Å². The maximum atomic E-state index is 12.9. The number of hydrazone groups is 1. The van der Waals surface area contributed by atoms with Gasteiger partial charge in [0.25, 0.3) is 0 Å². The van der Waals surface area contributed by atoms with Gasteiger partial charge in [-0.1, -0.05) is 35.9 Å². The number of nitrogens with zero attached hydrogens (tertiary/aromatic N) is 2. The number of carbonyl (C=O) groups is 1. The monoisotopic (exact) mass is 568 g/mol. The van der Waals surface area contributed by atoms with E-state index in [4.69, 9.17) is 9.47 Å². The zero-order valence-electron chi connectivity index (χ0n) is 21.8. The summed E-state index contributed by atoms with van der Waals surface area (Å²) in [6.07, 6.45) is -2.99. The number of rotatable bonds is 11. The lowest BCUT2D eigenvalue weighted by Crippen LogP contribution is -2.19. The number of amides is 1. The van der Waals surface area contributed by atoms with E-state index in [-0.39, 0.29) is 12.1 Å². The van der Waals surface area contributed by atoms with Crippen molar-refractivity contribution in [3.05, 3.63) is 100 Å². The molecule has 2 N–H and O–H groups in total. The van der Waals surface area contributed by atoms with Crippen LogP contribution in [0.1, 0.15) is 34.9 Å². The second-order valence-corrected chi connectivity index (χ2v) is 9.59. The zero-order chi connectivity index (χ0) is 28.5. The molecule has 1 heterocycles. The third kappa shape index (κ3) is 8.31. The molecule has 7 nitrogen and oxygen atoms in total. The van der Waals surface area contributed by atoms with Crippen LogP contribution in [0.5, 0.6) is 11.5 Å². The number of halogens is 3. The van der Waals surface area contributed by atoms with Crippen LogP contribution in [-0.4, -0.2) is 23.7 Å². The molecule has 0 aliphatic heterocycles. The van der Waals surface area contributed by atoms with E-state index in [1.54, 1.807) is 23.6 Å². The molecule has 0 bridgehead atoms. The molecule has 0 aliphatic carbocycles. The molecule has 0 radical (unpaired) electrons. The highest BCUT2D eigenvalue weighted by atomic mass is 32.1. The Morgan fingerprint density at radius 2 is 1.85 bits per heavy atom. The second kappa shape index (κ2) is 13.1. The Morgan fingerprint density at radius 1 is 1.05 bits per heavy atom. The average Bonchev–Trinajstić information content (AvgIpc) is 3.35. The highest BCUT2D eigenvalue weighted by molar-refractivity contribution is 7.13. The van der Waals surface area contributed by atoms with Crippen molar-refractivity contribution in [1.82, 2.24) is 10.4 Å². The van der Waals surface area contributed by atoms with Gasteiger partial charge < -0.3 is 14.8 Å². The summed E-state index contributed by atoms with van der Waals surface area (Å²) in [4.78, 5) is 16.6. The molecule has 0 fully saturated rings. The fourth-order valence-corrected chi connectivity index (χ4v) is 4.29. The van der Waals surface area contributed by atoms with Crippen molar-refractivity contribution in [3.63, 3.8) is 0 Å². The van der Waals surface area contributed by atoms with Crippen LogP contribution in [0.15, 0.2) is 77.2 Å². The SMILES string of the molecule is CCOc1cc(/C=N\NC(=O)Cc2csc(Nc3cccc(C(F)(F)F)c3)n2)ccc1OCc1ccc(C)cc1. The summed E-state index contributed by atoms with van der Waals surface area (Å²) in [5.41, 5.74) is 5.33. The number of aryl methyl sites for hydroxylation is 1. The molecule has 1 amide bonds. The smallest absolute Gasteiger partial charge is 0.416 e. The Hall–Kier alpha value is -4.38. The highest BCUT2D eigenvalue weighted by Crippen LogP contribution is 2.32. The van der Waals surface area contributed by atoms with E-state index in [1.165, 1.54) is 35.2 Å². The maximum Gasteiger partial charge on any atom is 0.416 e. The standard InChI is InChI=1S/C29H27F3N4O3S/c1-3-38-26-13-21(11-12-25(26)39-17-20-9-7-19(2)8-10-20)16-33-36-27(37)15-24-18-40-28(35-24)34-23-6-4-5-22(14-23)29(30,31)32/h4-14,16,18H,3,15,17H2,1-2H3,(H,34,35)(H,36,37)/b33-16-. The first-order valence-corrected chi connectivity index (χ1v) is 13.2. The van der Waals surface area contributed by atoms with Crippen LogP contribution in [0, 0.1) is 6.92 Å². The summed E-state index contributed by atoms with van der Waals surface area (Å²) in [5.74, 6) is 0.769. The highest BCUT2D eigenvalue weighted by Gasteiger charge is 2.30. The third-order valence-corrected chi connectivity index (χ3v) is 6.33. The van der Waals surface area contributed by atoms with E-state index in [9.17, 15) is 18.0 Å². The van der Waals surface area contributed by atoms with E-state index in [0.717, 1.165) is 17.7 Å². The van der Waals surface area contributed by atoms with Crippen molar-refractivity contribution in [2.24, 2.45) is 5.10 Å². The summed E-state index contributed by atoms with van der Waals surface area (Å²) in [6.45, 7) is 4.76. The fraction of sp³-hybridized carbons (Fsp3) is 0.207. The van der Waals surface area contributed by atoms with Gasteiger partial charge in [0.1, 0.15) is 6.61 Å². The van der Waals surface area contributed by atoms with Crippen molar-refractivity contribution in [1.29, 1.82) is 0 Å². The molecule has 0 aliphatic rings. The number of ether oxygens (including phenoxy) is 2. The van der Waals surface area contributed by atoms with Crippen LogP contribution in [0.4, 0.5) is 24.0 Å². The molecular formula is C29H27F3N4O3S. The molecule has 4 rings (SSSR count). The first-order valence-electron chi connectivity index (χ1n) is 12.4. The number of hydrogen-bond donors (Lipinski definition) is 2. The number of aromatic nitrogens is 1. The molecule has 4 aromatic rings. The number of hydrogen-bond acceptors (Lipinski definition) is 7. The third-order valence-electron chi connectivity index (χ3n) is 5.52. The summed E-state index contributed by atoms with van der Waals surface area (Å²) in [5, 5.41) is 8.88. The minimum Gasteiger partial charge on any atom is -0.490 e. The van der Waals surface area contributed by atoms with E-state index in [0.29, 0.717) is 41.1 Å². The number of alkyl halides is 3. The van der Waals surface area contributed by atoms with Crippen LogP contribution >= 0.6 is 11.3 Å². The van der Waals surface area contributed by atoms with Crippen molar-refractivity contribution >= 4 is 34.3 Å². The number of benzene rings is 3. The first-order chi connectivity index (χ1) is 19.2. The Kier molecular flexibility index (Phi) is 9.39. The molecule has 0 saturated carbocycles. The largest absolute Gasteiger partial charge is 0.490 e. The van der Waals surface area contributed by atoms with Crippen molar-refractivity contribution in [2.75, 3.05) is 11.9 Å². The van der Waals surface area contributed by atoms with Crippen LogP contribution < -0.4 is 20.2 Å². The molecule has 1 aromatic heterocycles. The van der Waals surface area contributed by atoms with Gasteiger partial charge in [0.2, 0.25) is 5.91 Å². The number of thiazole rings is 1. The van der Waals surface area contributed by atoms with E-state index < -0.39 is 17.6 Å². The predicted molar refractivity (Wildman–Crippen MR) is 149 cm³/mol. The van der Waals surface area contributed by atoms with Gasteiger partial charge in [0.15, 0.2) is 16.6 Å². The van der Waals surface area contributed by atoms with Crippen molar-refractivity contribution in [3.8, 4) is 11.5 Å². The van der Waals surface area contributed by atoms with Crippen LogP contribution in [0.3, 0.4) is 0 Å². The lowest BCUT2D eigenvalue weighted by molar-refractivity contribution is -0.137. The summed E-state index contributed by atoms with van der Waals surface area (Å²) >= 11 is 1.18.